The molecule has 0 bridgehead atoms. The zero-order valence-electron chi connectivity index (χ0n) is 14.6. The molecular weight excluding hydrogens is 310 g/mol. The Morgan fingerprint density at radius 3 is 1.79 bits per heavy atom. The standard InChI is InChI=1S/C21H25NOSi/c1-21(2,3)24(19-10-6-4-7-11-19,20-12-8-5-9-13-20)23-17-18-14-15-22-16-18/h4-16,22H,17H2,1-3H3. The van der Waals surface area contributed by atoms with E-state index in [0.29, 0.717) is 6.61 Å². The molecule has 2 nitrogen and oxygen atoms in total. The highest BCUT2D eigenvalue weighted by atomic mass is 28.4. The smallest absolute Gasteiger partial charge is 0.261 e. The van der Waals surface area contributed by atoms with Crippen molar-refractivity contribution in [1.29, 1.82) is 0 Å². The lowest BCUT2D eigenvalue weighted by Gasteiger charge is -2.43. The molecule has 2 aromatic carbocycles. The lowest BCUT2D eigenvalue weighted by atomic mass is 10.2. The highest BCUT2D eigenvalue weighted by Crippen LogP contribution is 2.37. The van der Waals surface area contributed by atoms with Crippen LogP contribution in [0.3, 0.4) is 0 Å². The van der Waals surface area contributed by atoms with Crippen molar-refractivity contribution >= 4 is 18.7 Å². The fraction of sp³-hybridized carbons (Fsp3) is 0.238. The first-order valence-electron chi connectivity index (χ1n) is 8.41. The van der Waals surface area contributed by atoms with Gasteiger partial charge in [-0.25, -0.2) is 0 Å². The Morgan fingerprint density at radius 2 is 1.38 bits per heavy atom. The molecule has 3 heteroatoms. The lowest BCUT2D eigenvalue weighted by Crippen LogP contribution is -2.66. The SMILES string of the molecule is CC(C)(C)[Si](OCc1cc[nH]c1)(c1ccccc1)c1ccccc1. The second-order valence-corrected chi connectivity index (χ2v) is 11.5. The molecule has 0 saturated carbocycles. The van der Waals surface area contributed by atoms with Gasteiger partial charge in [-0.3, -0.25) is 0 Å². The number of aromatic amines is 1. The Bertz CT molecular complexity index is 706. The highest BCUT2D eigenvalue weighted by molar-refractivity contribution is 6.99. The Balaban J connectivity index is 2.13. The van der Waals surface area contributed by atoms with Crippen LogP contribution in [-0.4, -0.2) is 13.3 Å². The van der Waals surface area contributed by atoms with Gasteiger partial charge in [-0.15, -0.1) is 0 Å². The molecule has 124 valence electrons. The van der Waals surface area contributed by atoms with Crippen molar-refractivity contribution in [2.75, 3.05) is 0 Å². The highest BCUT2D eigenvalue weighted by Gasteiger charge is 2.50. The average Bonchev–Trinajstić information content (AvgIpc) is 3.10. The van der Waals surface area contributed by atoms with E-state index in [9.17, 15) is 0 Å². The first kappa shape index (κ1) is 16.7. The fourth-order valence-corrected chi connectivity index (χ4v) is 7.94. The van der Waals surface area contributed by atoms with E-state index in [0.717, 1.165) is 0 Å². The lowest BCUT2D eigenvalue weighted by molar-refractivity contribution is 0.286. The Hall–Kier alpha value is -2.10. The second-order valence-electron chi connectivity index (χ2n) is 7.17. The van der Waals surface area contributed by atoms with Crippen LogP contribution in [-0.2, 0) is 11.0 Å². The molecule has 3 aromatic rings. The Kier molecular flexibility index (Phi) is 4.74. The predicted molar refractivity (Wildman–Crippen MR) is 103 cm³/mol. The zero-order valence-corrected chi connectivity index (χ0v) is 15.6. The van der Waals surface area contributed by atoms with Crippen molar-refractivity contribution in [2.45, 2.75) is 32.4 Å². The molecule has 0 amide bonds. The maximum absolute atomic E-state index is 6.83. The van der Waals surface area contributed by atoms with Crippen LogP contribution in [0.1, 0.15) is 26.3 Å². The van der Waals surface area contributed by atoms with Crippen LogP contribution < -0.4 is 10.4 Å². The second kappa shape index (κ2) is 6.79. The molecule has 0 aliphatic rings. The molecule has 0 aliphatic heterocycles. The number of hydrogen-bond acceptors (Lipinski definition) is 1. The molecule has 1 aromatic heterocycles. The quantitative estimate of drug-likeness (QED) is 0.698. The van der Waals surface area contributed by atoms with Crippen LogP contribution in [0.25, 0.3) is 0 Å². The van der Waals surface area contributed by atoms with E-state index in [1.165, 1.54) is 15.9 Å². The van der Waals surface area contributed by atoms with Crippen LogP contribution >= 0.6 is 0 Å². The van der Waals surface area contributed by atoms with Crippen LogP contribution in [0.4, 0.5) is 0 Å². The van der Waals surface area contributed by atoms with Gasteiger partial charge >= 0.3 is 0 Å². The number of benzene rings is 2. The molecule has 1 heterocycles. The number of H-pyrrole nitrogens is 1. The summed E-state index contributed by atoms with van der Waals surface area (Å²) in [5.41, 5.74) is 1.18. The van der Waals surface area contributed by atoms with Gasteiger partial charge in [0.05, 0.1) is 6.61 Å². The van der Waals surface area contributed by atoms with Gasteiger partial charge in [0, 0.05) is 12.4 Å². The van der Waals surface area contributed by atoms with E-state index in [-0.39, 0.29) is 5.04 Å². The molecule has 24 heavy (non-hydrogen) atoms. The van der Waals surface area contributed by atoms with Gasteiger partial charge in [-0.1, -0.05) is 81.4 Å². The molecule has 0 saturated heterocycles. The van der Waals surface area contributed by atoms with Gasteiger partial charge in [0.15, 0.2) is 0 Å². The van der Waals surface area contributed by atoms with Crippen LogP contribution in [0.15, 0.2) is 79.1 Å². The zero-order chi connectivity index (χ0) is 17.0. The van der Waals surface area contributed by atoms with Crippen molar-refractivity contribution in [2.24, 2.45) is 0 Å². The summed E-state index contributed by atoms with van der Waals surface area (Å²) in [6.45, 7) is 7.53. The van der Waals surface area contributed by atoms with E-state index in [2.05, 4.69) is 92.5 Å². The topological polar surface area (TPSA) is 25.0 Å². The molecule has 0 aliphatic carbocycles. The van der Waals surface area contributed by atoms with Gasteiger partial charge < -0.3 is 9.41 Å². The summed E-state index contributed by atoms with van der Waals surface area (Å²) < 4.78 is 6.83. The number of nitrogens with one attached hydrogen (secondary N) is 1. The third kappa shape index (κ3) is 3.10. The molecular formula is C21H25NOSi. The minimum Gasteiger partial charge on any atom is -0.403 e. The van der Waals surface area contributed by atoms with E-state index >= 15 is 0 Å². The van der Waals surface area contributed by atoms with Crippen molar-refractivity contribution in [3.63, 3.8) is 0 Å². The molecule has 3 rings (SSSR count). The van der Waals surface area contributed by atoms with Crippen molar-refractivity contribution in [3.05, 3.63) is 84.7 Å². The van der Waals surface area contributed by atoms with E-state index < -0.39 is 8.32 Å². The Labute approximate surface area is 145 Å². The van der Waals surface area contributed by atoms with Crippen LogP contribution in [0, 0.1) is 0 Å². The van der Waals surface area contributed by atoms with Gasteiger partial charge in [0.1, 0.15) is 0 Å². The summed E-state index contributed by atoms with van der Waals surface area (Å²) in [6.07, 6.45) is 3.96. The number of rotatable bonds is 5. The minimum atomic E-state index is -2.42. The summed E-state index contributed by atoms with van der Waals surface area (Å²) in [5.74, 6) is 0. The van der Waals surface area contributed by atoms with E-state index in [1.54, 1.807) is 0 Å². The minimum absolute atomic E-state index is 0.0199. The van der Waals surface area contributed by atoms with Crippen LogP contribution in [0.5, 0.6) is 0 Å². The molecule has 0 radical (unpaired) electrons. The summed E-state index contributed by atoms with van der Waals surface area (Å²) >= 11 is 0. The average molecular weight is 336 g/mol. The third-order valence-corrected chi connectivity index (χ3v) is 9.52. The maximum atomic E-state index is 6.83. The maximum Gasteiger partial charge on any atom is 0.261 e. The first-order valence-corrected chi connectivity index (χ1v) is 10.3. The molecule has 0 unspecified atom stereocenters. The predicted octanol–water partition coefficient (Wildman–Crippen LogP) is 4.09. The van der Waals surface area contributed by atoms with Crippen molar-refractivity contribution in [1.82, 2.24) is 4.98 Å². The monoisotopic (exact) mass is 335 g/mol. The molecule has 0 atom stereocenters. The molecule has 0 fully saturated rings. The van der Waals surface area contributed by atoms with Gasteiger partial charge in [0.2, 0.25) is 0 Å². The largest absolute Gasteiger partial charge is 0.403 e. The van der Waals surface area contributed by atoms with Gasteiger partial charge in [-0.2, -0.15) is 0 Å². The molecule has 0 spiro atoms. The van der Waals surface area contributed by atoms with E-state index in [4.69, 9.17) is 4.43 Å². The summed E-state index contributed by atoms with van der Waals surface area (Å²) in [7, 11) is -2.42. The third-order valence-electron chi connectivity index (χ3n) is 4.53. The summed E-state index contributed by atoms with van der Waals surface area (Å²) in [5, 5.41) is 2.66. The van der Waals surface area contributed by atoms with Crippen molar-refractivity contribution < 1.29 is 4.43 Å². The van der Waals surface area contributed by atoms with Crippen LogP contribution in [0.2, 0.25) is 5.04 Å². The first-order chi connectivity index (χ1) is 11.5. The van der Waals surface area contributed by atoms with Gasteiger partial charge in [0.25, 0.3) is 8.32 Å². The van der Waals surface area contributed by atoms with E-state index in [1.807, 2.05) is 12.4 Å². The summed E-state index contributed by atoms with van der Waals surface area (Å²) in [4.78, 5) is 3.12. The number of aromatic nitrogens is 1. The fourth-order valence-electron chi connectivity index (χ4n) is 3.40. The Morgan fingerprint density at radius 1 is 0.833 bits per heavy atom. The summed E-state index contributed by atoms with van der Waals surface area (Å²) in [6, 6.07) is 23.6. The molecule has 1 N–H and O–H groups in total. The number of hydrogen-bond donors (Lipinski definition) is 1. The van der Waals surface area contributed by atoms with Gasteiger partial charge in [-0.05, 0) is 27.0 Å². The normalized spacial score (nSPS) is 12.3. The van der Waals surface area contributed by atoms with Crippen molar-refractivity contribution in [3.8, 4) is 0 Å².